The molecule has 0 radical (unpaired) electrons. The number of hydrogen-bond acceptors (Lipinski definition) is 4. The largest absolute Gasteiger partial charge is 0.294 e. The van der Waals surface area contributed by atoms with Crippen LogP contribution in [-0.2, 0) is 32.5 Å². The normalized spacial score (nSPS) is 14.9. The van der Waals surface area contributed by atoms with Gasteiger partial charge in [-0.3, -0.25) is 9.58 Å². The highest BCUT2D eigenvalue weighted by Crippen LogP contribution is 2.20. The molecule has 124 valence electrons. The summed E-state index contributed by atoms with van der Waals surface area (Å²) >= 11 is 0. The van der Waals surface area contributed by atoms with Crippen molar-refractivity contribution in [2.45, 2.75) is 66.1 Å². The lowest BCUT2D eigenvalue weighted by Gasteiger charge is -2.27. The maximum Gasteiger partial charge on any atom is 0.128 e. The number of nitrogens with zero attached hydrogens (tertiary/aromatic N) is 5. The number of fused-ring (bicyclic) bond motifs is 1. The summed E-state index contributed by atoms with van der Waals surface area (Å²) in [6.07, 6.45) is 8.46. The first-order valence-corrected chi connectivity index (χ1v) is 8.78. The van der Waals surface area contributed by atoms with Gasteiger partial charge in [0.1, 0.15) is 5.82 Å². The van der Waals surface area contributed by atoms with Crippen molar-refractivity contribution in [1.29, 1.82) is 0 Å². The van der Waals surface area contributed by atoms with Crippen molar-refractivity contribution in [2.24, 2.45) is 0 Å². The number of rotatable bonds is 6. The lowest BCUT2D eigenvalue weighted by atomic mass is 10.1. The Morgan fingerprint density at radius 3 is 2.87 bits per heavy atom. The molecule has 5 heteroatoms. The third-order valence-corrected chi connectivity index (χ3v) is 4.43. The molecule has 0 bridgehead atoms. The molecule has 0 aliphatic carbocycles. The molecule has 3 rings (SSSR count). The smallest absolute Gasteiger partial charge is 0.128 e. The van der Waals surface area contributed by atoms with E-state index in [1.165, 1.54) is 16.8 Å². The molecule has 0 atom stereocenters. The molecule has 0 unspecified atom stereocenters. The van der Waals surface area contributed by atoms with Gasteiger partial charge in [0, 0.05) is 68.2 Å². The summed E-state index contributed by atoms with van der Waals surface area (Å²) in [5.74, 6) is 0.997. The fraction of sp³-hybridized carbons (Fsp3) is 0.611. The average Bonchev–Trinajstić information content (AvgIpc) is 2.88. The molecule has 0 saturated carbocycles. The average molecular weight is 313 g/mol. The first kappa shape index (κ1) is 16.1. The summed E-state index contributed by atoms with van der Waals surface area (Å²) in [7, 11) is 0. The van der Waals surface area contributed by atoms with Crippen LogP contribution in [0.5, 0.6) is 0 Å². The first-order chi connectivity index (χ1) is 11.2. The van der Waals surface area contributed by atoms with E-state index >= 15 is 0 Å². The first-order valence-electron chi connectivity index (χ1n) is 8.78. The molecule has 0 aromatic carbocycles. The van der Waals surface area contributed by atoms with Crippen molar-refractivity contribution in [3.8, 4) is 0 Å². The molecular weight excluding hydrogens is 286 g/mol. The Morgan fingerprint density at radius 1 is 1.22 bits per heavy atom. The second-order valence-corrected chi connectivity index (χ2v) is 6.47. The van der Waals surface area contributed by atoms with E-state index in [1.54, 1.807) is 0 Å². The van der Waals surface area contributed by atoms with Gasteiger partial charge in [-0.25, -0.2) is 9.97 Å². The van der Waals surface area contributed by atoms with E-state index in [4.69, 9.17) is 4.98 Å². The van der Waals surface area contributed by atoms with Crippen molar-refractivity contribution in [3.05, 3.63) is 40.7 Å². The topological polar surface area (TPSA) is 46.8 Å². The fourth-order valence-electron chi connectivity index (χ4n) is 3.19. The molecular formula is C18H27N5. The fourth-order valence-corrected chi connectivity index (χ4v) is 3.19. The maximum atomic E-state index is 4.74. The zero-order valence-electron chi connectivity index (χ0n) is 14.5. The molecule has 0 amide bonds. The Labute approximate surface area is 138 Å². The van der Waals surface area contributed by atoms with Crippen LogP contribution in [0.4, 0.5) is 0 Å². The monoisotopic (exact) mass is 313 g/mol. The highest BCUT2D eigenvalue weighted by atomic mass is 15.3. The molecule has 0 spiro atoms. The van der Waals surface area contributed by atoms with Crippen LogP contribution in [0.3, 0.4) is 0 Å². The van der Waals surface area contributed by atoms with Crippen molar-refractivity contribution in [1.82, 2.24) is 24.6 Å². The van der Waals surface area contributed by atoms with Crippen LogP contribution in [0, 0.1) is 6.92 Å². The molecule has 2 aromatic rings. The molecule has 23 heavy (non-hydrogen) atoms. The van der Waals surface area contributed by atoms with Crippen molar-refractivity contribution >= 4 is 0 Å². The minimum atomic E-state index is 0.945. The quantitative estimate of drug-likeness (QED) is 0.822. The number of aromatic nitrogens is 4. The van der Waals surface area contributed by atoms with Crippen LogP contribution in [0.25, 0.3) is 0 Å². The Bertz CT molecular complexity index is 661. The predicted octanol–water partition coefficient (Wildman–Crippen LogP) is 2.90. The zero-order chi connectivity index (χ0) is 16.2. The van der Waals surface area contributed by atoms with Crippen LogP contribution in [0.1, 0.15) is 55.0 Å². The van der Waals surface area contributed by atoms with Gasteiger partial charge in [-0.15, -0.1) is 0 Å². The van der Waals surface area contributed by atoms with Crippen LogP contribution in [0.2, 0.25) is 0 Å². The van der Waals surface area contributed by atoms with Gasteiger partial charge in [-0.1, -0.05) is 13.8 Å². The molecule has 5 nitrogen and oxygen atoms in total. The molecule has 1 aliphatic heterocycles. The van der Waals surface area contributed by atoms with Crippen LogP contribution < -0.4 is 0 Å². The van der Waals surface area contributed by atoms with Crippen molar-refractivity contribution in [2.75, 3.05) is 6.54 Å². The Hall–Kier alpha value is -1.75. The molecule has 2 aromatic heterocycles. The van der Waals surface area contributed by atoms with Gasteiger partial charge in [-0.2, -0.15) is 5.10 Å². The van der Waals surface area contributed by atoms with Gasteiger partial charge in [0.15, 0.2) is 0 Å². The molecule has 0 fully saturated rings. The van der Waals surface area contributed by atoms with Gasteiger partial charge in [-0.05, 0) is 19.8 Å². The molecule has 0 saturated heterocycles. The Balaban J connectivity index is 1.67. The summed E-state index contributed by atoms with van der Waals surface area (Å²) in [6.45, 7) is 10.4. The minimum absolute atomic E-state index is 0.945. The highest BCUT2D eigenvalue weighted by Gasteiger charge is 2.19. The van der Waals surface area contributed by atoms with E-state index in [9.17, 15) is 0 Å². The highest BCUT2D eigenvalue weighted by molar-refractivity contribution is 5.22. The maximum absolute atomic E-state index is 4.74. The van der Waals surface area contributed by atoms with E-state index in [1.807, 2.05) is 6.20 Å². The third kappa shape index (κ3) is 3.78. The predicted molar refractivity (Wildman–Crippen MR) is 91.1 cm³/mol. The van der Waals surface area contributed by atoms with Gasteiger partial charge in [0.05, 0.1) is 5.69 Å². The van der Waals surface area contributed by atoms with Gasteiger partial charge in [0.2, 0.25) is 0 Å². The SMILES string of the molecule is CCCc1ncc2c(n1)CCN(Cc1cn(CCC)nc1C)C2. The van der Waals surface area contributed by atoms with Crippen LogP contribution >= 0.6 is 0 Å². The molecule has 1 aliphatic rings. The van der Waals surface area contributed by atoms with Crippen LogP contribution in [0.15, 0.2) is 12.4 Å². The lowest BCUT2D eigenvalue weighted by Crippen LogP contribution is -2.31. The second-order valence-electron chi connectivity index (χ2n) is 6.47. The van der Waals surface area contributed by atoms with Gasteiger partial charge < -0.3 is 0 Å². The van der Waals surface area contributed by atoms with E-state index in [2.05, 4.69) is 46.6 Å². The van der Waals surface area contributed by atoms with E-state index < -0.39 is 0 Å². The van der Waals surface area contributed by atoms with Gasteiger partial charge >= 0.3 is 0 Å². The van der Waals surface area contributed by atoms with E-state index in [0.717, 1.165) is 63.4 Å². The third-order valence-electron chi connectivity index (χ3n) is 4.43. The standard InChI is InChI=1S/C18H27N5/c1-4-6-18-19-10-15-11-22(9-7-17(15)20-18)12-16-13-23(8-5-2)21-14(16)3/h10,13H,4-9,11-12H2,1-3H3. The van der Waals surface area contributed by atoms with Gasteiger partial charge in [0.25, 0.3) is 0 Å². The van der Waals surface area contributed by atoms with Crippen LogP contribution in [-0.4, -0.2) is 31.2 Å². The summed E-state index contributed by atoms with van der Waals surface area (Å²) in [5.41, 5.74) is 5.03. The second kappa shape index (κ2) is 7.21. The molecule has 0 N–H and O–H groups in total. The van der Waals surface area contributed by atoms with E-state index in [0.29, 0.717) is 0 Å². The van der Waals surface area contributed by atoms with E-state index in [-0.39, 0.29) is 0 Å². The number of hydrogen-bond donors (Lipinski definition) is 0. The summed E-state index contributed by atoms with van der Waals surface area (Å²) in [5, 5.41) is 4.61. The number of aryl methyl sites for hydroxylation is 3. The minimum Gasteiger partial charge on any atom is -0.294 e. The van der Waals surface area contributed by atoms with Crippen molar-refractivity contribution < 1.29 is 0 Å². The lowest BCUT2D eigenvalue weighted by molar-refractivity contribution is 0.242. The summed E-state index contributed by atoms with van der Waals surface area (Å²) in [4.78, 5) is 11.7. The van der Waals surface area contributed by atoms with Crippen molar-refractivity contribution in [3.63, 3.8) is 0 Å². The summed E-state index contributed by atoms with van der Waals surface area (Å²) < 4.78 is 2.07. The zero-order valence-corrected chi connectivity index (χ0v) is 14.5. The molecule has 3 heterocycles. The summed E-state index contributed by atoms with van der Waals surface area (Å²) in [6, 6.07) is 0. The Kier molecular flexibility index (Phi) is 5.06. The Morgan fingerprint density at radius 2 is 2.09 bits per heavy atom.